The molecule has 1 saturated heterocycles. The molecule has 0 aromatic rings. The number of hydrogen-bond acceptors (Lipinski definition) is 0. The Labute approximate surface area is 33.8 Å². The molecular weight excluding hydrogens is 58.9 g/mol. The number of rotatable bonds is 0. The summed E-state index contributed by atoms with van der Waals surface area (Å²) in [4.78, 5) is 0. The van der Waals surface area contributed by atoms with E-state index < -0.39 is 0 Å². The van der Waals surface area contributed by atoms with E-state index in [2.05, 4.69) is 6.92 Å². The van der Waals surface area contributed by atoms with Crippen molar-refractivity contribution < 1.29 is 0 Å². The van der Waals surface area contributed by atoms with Crippen LogP contribution in [-0.4, -0.2) is 7.28 Å². The zero-order valence-electron chi connectivity index (χ0n) is 3.70. The third-order valence-corrected chi connectivity index (χ3v) is 1.39. The molecule has 1 aliphatic heterocycles. The largest absolute Gasteiger partial charge is 0.123 e. The first-order chi connectivity index (χ1) is 2.39. The average molecular weight is 67.9 g/mol. The fourth-order valence-electron chi connectivity index (χ4n) is 0.612. The second kappa shape index (κ2) is 1.04. The van der Waals surface area contributed by atoms with E-state index >= 15 is 0 Å². The minimum Gasteiger partial charge on any atom is -0.0776 e. The molecule has 1 aliphatic rings. The lowest BCUT2D eigenvalue weighted by atomic mass is 9.49. The standard InChI is InChI=1S/C4H9B/c1-4-2-3-5-4/h4-5H,2-3H2,1H3. The molecule has 0 N–H and O–H groups in total. The van der Waals surface area contributed by atoms with Crippen molar-refractivity contribution in [2.24, 2.45) is 0 Å². The summed E-state index contributed by atoms with van der Waals surface area (Å²) in [6, 6.07) is 0. The molecule has 1 heteroatoms. The highest BCUT2D eigenvalue weighted by molar-refractivity contribution is 6.41. The molecule has 1 rings (SSSR count). The Kier molecular flexibility index (Phi) is 0.677. The molecule has 28 valence electrons. The predicted octanol–water partition coefficient (Wildman–Crippen LogP) is 1.05. The van der Waals surface area contributed by atoms with Crippen LogP contribution in [0.3, 0.4) is 0 Å². The van der Waals surface area contributed by atoms with Crippen LogP contribution in [0, 0.1) is 0 Å². The van der Waals surface area contributed by atoms with Gasteiger partial charge in [0.15, 0.2) is 0 Å². The minimum absolute atomic E-state index is 1.06. The van der Waals surface area contributed by atoms with Gasteiger partial charge in [-0.3, -0.25) is 0 Å². The van der Waals surface area contributed by atoms with E-state index in [1.165, 1.54) is 20.0 Å². The lowest BCUT2D eigenvalue weighted by Crippen LogP contribution is -2.09. The van der Waals surface area contributed by atoms with Gasteiger partial charge in [0, 0.05) is 0 Å². The summed E-state index contributed by atoms with van der Waals surface area (Å²) < 4.78 is 0. The van der Waals surface area contributed by atoms with Crippen LogP contribution in [0.1, 0.15) is 13.3 Å². The van der Waals surface area contributed by atoms with Crippen molar-refractivity contribution in [1.82, 2.24) is 0 Å². The molecule has 0 spiro atoms. The first-order valence-corrected chi connectivity index (χ1v) is 2.39. The first-order valence-electron chi connectivity index (χ1n) is 2.39. The minimum atomic E-state index is 1.06. The molecule has 0 aliphatic carbocycles. The summed E-state index contributed by atoms with van der Waals surface area (Å²) in [5.41, 5.74) is 0. The molecule has 1 heterocycles. The molecule has 1 unspecified atom stereocenters. The van der Waals surface area contributed by atoms with Gasteiger partial charge in [-0.25, -0.2) is 0 Å². The van der Waals surface area contributed by atoms with Crippen LogP contribution in [0.4, 0.5) is 0 Å². The van der Waals surface area contributed by atoms with Crippen LogP contribution in [0.25, 0.3) is 0 Å². The van der Waals surface area contributed by atoms with Crippen LogP contribution >= 0.6 is 0 Å². The fraction of sp³-hybridized carbons (Fsp3) is 1.00. The van der Waals surface area contributed by atoms with E-state index in [1.54, 1.807) is 0 Å². The maximum absolute atomic E-state index is 2.31. The molecule has 0 aromatic heterocycles. The van der Waals surface area contributed by atoms with Gasteiger partial charge in [0.05, 0.1) is 0 Å². The molecular formula is C4H9B. The van der Waals surface area contributed by atoms with Gasteiger partial charge in [-0.2, -0.15) is 0 Å². The van der Waals surface area contributed by atoms with Gasteiger partial charge in [0.1, 0.15) is 7.28 Å². The Morgan fingerprint density at radius 3 is 2.20 bits per heavy atom. The quantitative estimate of drug-likeness (QED) is 0.372. The van der Waals surface area contributed by atoms with Gasteiger partial charge in [-0.1, -0.05) is 25.5 Å². The van der Waals surface area contributed by atoms with Gasteiger partial charge < -0.3 is 0 Å². The molecule has 0 amide bonds. The number of hydrogen-bond donors (Lipinski definition) is 0. The smallest absolute Gasteiger partial charge is 0.0776 e. The highest BCUT2D eigenvalue weighted by Gasteiger charge is 2.11. The molecule has 5 heavy (non-hydrogen) atoms. The van der Waals surface area contributed by atoms with Crippen LogP contribution in [0.15, 0.2) is 0 Å². The molecule has 0 radical (unpaired) electrons. The van der Waals surface area contributed by atoms with Crippen molar-refractivity contribution in [1.29, 1.82) is 0 Å². The highest BCUT2D eigenvalue weighted by atomic mass is 14.0. The van der Waals surface area contributed by atoms with Gasteiger partial charge in [-0.15, -0.1) is 0 Å². The van der Waals surface area contributed by atoms with E-state index in [0.29, 0.717) is 0 Å². The molecule has 1 fully saturated rings. The van der Waals surface area contributed by atoms with E-state index in [0.717, 1.165) is 5.82 Å². The normalized spacial score (nSPS) is 35.0. The molecule has 0 aromatic carbocycles. The average Bonchev–Trinajstić information content (AvgIpc) is 1.30. The van der Waals surface area contributed by atoms with E-state index in [9.17, 15) is 0 Å². The topological polar surface area (TPSA) is 0 Å². The zero-order chi connectivity index (χ0) is 3.70. The summed E-state index contributed by atoms with van der Waals surface area (Å²) in [5, 5.41) is 0. The van der Waals surface area contributed by atoms with Crippen molar-refractivity contribution in [3.63, 3.8) is 0 Å². The van der Waals surface area contributed by atoms with Crippen LogP contribution in [-0.2, 0) is 0 Å². The second-order valence-electron chi connectivity index (χ2n) is 2.04. The first kappa shape index (κ1) is 3.26. The van der Waals surface area contributed by atoms with Crippen molar-refractivity contribution >= 4 is 7.28 Å². The molecule has 0 saturated carbocycles. The van der Waals surface area contributed by atoms with Crippen molar-refractivity contribution in [2.45, 2.75) is 25.5 Å². The van der Waals surface area contributed by atoms with E-state index in [1.807, 2.05) is 0 Å². The van der Waals surface area contributed by atoms with Crippen LogP contribution in [0.5, 0.6) is 0 Å². The summed E-state index contributed by atoms with van der Waals surface area (Å²) in [6.07, 6.45) is 2.97. The van der Waals surface area contributed by atoms with Gasteiger partial charge in [0.2, 0.25) is 0 Å². The van der Waals surface area contributed by atoms with Crippen LogP contribution in [0.2, 0.25) is 12.1 Å². The Bertz CT molecular complexity index is 30.6. The Morgan fingerprint density at radius 1 is 1.80 bits per heavy atom. The van der Waals surface area contributed by atoms with Gasteiger partial charge in [0.25, 0.3) is 0 Å². The van der Waals surface area contributed by atoms with E-state index in [4.69, 9.17) is 0 Å². The predicted molar refractivity (Wildman–Crippen MR) is 26.0 cm³/mol. The highest BCUT2D eigenvalue weighted by Crippen LogP contribution is 2.22. The SMILES string of the molecule is CC1BCC1. The van der Waals surface area contributed by atoms with Crippen molar-refractivity contribution in [2.75, 3.05) is 0 Å². The van der Waals surface area contributed by atoms with E-state index in [-0.39, 0.29) is 0 Å². The monoisotopic (exact) mass is 68.1 g/mol. The summed E-state index contributed by atoms with van der Waals surface area (Å²) >= 11 is 0. The Balaban J connectivity index is 2.08. The third-order valence-electron chi connectivity index (χ3n) is 1.39. The second-order valence-corrected chi connectivity index (χ2v) is 2.04. The third kappa shape index (κ3) is 0.471. The fourth-order valence-corrected chi connectivity index (χ4v) is 0.612. The molecule has 0 bridgehead atoms. The Morgan fingerprint density at radius 2 is 2.20 bits per heavy atom. The van der Waals surface area contributed by atoms with Gasteiger partial charge in [-0.05, 0) is 0 Å². The maximum atomic E-state index is 2.31. The van der Waals surface area contributed by atoms with Crippen molar-refractivity contribution in [3.8, 4) is 0 Å². The molecule has 1 atom stereocenters. The van der Waals surface area contributed by atoms with Crippen LogP contribution < -0.4 is 0 Å². The summed E-state index contributed by atoms with van der Waals surface area (Å²) in [5.74, 6) is 1.06. The summed E-state index contributed by atoms with van der Waals surface area (Å²) in [6.45, 7) is 2.31. The zero-order valence-corrected chi connectivity index (χ0v) is 3.70. The summed E-state index contributed by atoms with van der Waals surface area (Å²) in [7, 11) is 1.49. The maximum Gasteiger partial charge on any atom is 0.123 e. The van der Waals surface area contributed by atoms with Gasteiger partial charge >= 0.3 is 0 Å². The molecule has 0 nitrogen and oxygen atoms in total. The lowest BCUT2D eigenvalue weighted by molar-refractivity contribution is 0.785. The van der Waals surface area contributed by atoms with Crippen molar-refractivity contribution in [3.05, 3.63) is 0 Å². The lowest BCUT2D eigenvalue weighted by Gasteiger charge is -2.17. The Hall–Kier alpha value is 0.0649.